The summed E-state index contributed by atoms with van der Waals surface area (Å²) in [6.07, 6.45) is -1.31. The van der Waals surface area contributed by atoms with Gasteiger partial charge in [0.05, 0.1) is 30.9 Å². The molecule has 8 nitrogen and oxygen atoms in total. The lowest BCUT2D eigenvalue weighted by molar-refractivity contribution is -0.128. The van der Waals surface area contributed by atoms with Crippen LogP contribution in [0.25, 0.3) is 0 Å². The van der Waals surface area contributed by atoms with Crippen LogP contribution in [0.15, 0.2) is 16.6 Å². The second-order valence-electron chi connectivity index (χ2n) is 4.87. The Morgan fingerprint density at radius 2 is 1.92 bits per heavy atom. The lowest BCUT2D eigenvalue weighted by atomic mass is 10.2. The summed E-state index contributed by atoms with van der Waals surface area (Å²) >= 11 is 3.32. The molecule has 0 bridgehead atoms. The fourth-order valence-corrected chi connectivity index (χ4v) is 2.27. The number of esters is 1. The third kappa shape index (κ3) is 5.93. The molecule has 0 aliphatic heterocycles. The largest absolute Gasteiger partial charge is 0.493 e. The molecule has 1 atom stereocenters. The van der Waals surface area contributed by atoms with Gasteiger partial charge in [-0.1, -0.05) is 6.92 Å². The molecule has 0 unspecified atom stereocenters. The minimum Gasteiger partial charge on any atom is -0.493 e. The molecule has 9 heteroatoms. The fraction of sp³-hybridized carbons (Fsp3) is 0.438. The summed E-state index contributed by atoms with van der Waals surface area (Å²) in [7, 11) is 2.56. The van der Waals surface area contributed by atoms with E-state index in [2.05, 4.69) is 20.7 Å². The molecule has 0 aromatic heterocycles. The Morgan fingerprint density at radius 3 is 2.48 bits per heavy atom. The van der Waals surface area contributed by atoms with E-state index in [1.165, 1.54) is 26.2 Å². The molecular weight excluding hydrogens is 398 g/mol. The zero-order valence-electron chi connectivity index (χ0n) is 14.4. The van der Waals surface area contributed by atoms with E-state index in [1.807, 2.05) is 12.2 Å². The molecular formula is C16H20BrNO7. The molecule has 1 N–H and O–H groups in total. The van der Waals surface area contributed by atoms with Gasteiger partial charge in [0.1, 0.15) is 0 Å². The number of carbonyl (C=O) groups is 3. The highest BCUT2D eigenvalue weighted by atomic mass is 79.9. The number of hydrogen-bond acceptors (Lipinski definition) is 7. The van der Waals surface area contributed by atoms with E-state index in [0.29, 0.717) is 22.6 Å². The smallest absolute Gasteiger partial charge is 0.413 e. The first-order valence-electron chi connectivity index (χ1n) is 7.44. The fourth-order valence-electron chi connectivity index (χ4n) is 1.72. The first-order valence-corrected chi connectivity index (χ1v) is 8.23. The summed E-state index contributed by atoms with van der Waals surface area (Å²) < 4.78 is 20.7. The van der Waals surface area contributed by atoms with Crippen LogP contribution < -0.4 is 14.8 Å². The topological polar surface area (TPSA) is 100 Å². The normalized spacial score (nSPS) is 11.2. The van der Waals surface area contributed by atoms with Crippen LogP contribution in [0.5, 0.6) is 11.5 Å². The SMILES string of the molecule is CCCOc1c(Br)cc(C(=O)O[C@H](C)C(=O)NC(=O)OC)cc1OC. The molecule has 25 heavy (non-hydrogen) atoms. The van der Waals surface area contributed by atoms with Crippen LogP contribution in [0.1, 0.15) is 30.6 Å². The van der Waals surface area contributed by atoms with Crippen molar-refractivity contribution in [2.45, 2.75) is 26.4 Å². The molecule has 0 spiro atoms. The van der Waals surface area contributed by atoms with Gasteiger partial charge in [-0.15, -0.1) is 0 Å². The van der Waals surface area contributed by atoms with Crippen molar-refractivity contribution >= 4 is 33.9 Å². The summed E-state index contributed by atoms with van der Waals surface area (Å²) in [6.45, 7) is 3.79. The van der Waals surface area contributed by atoms with Gasteiger partial charge in [0.25, 0.3) is 5.91 Å². The average molecular weight is 418 g/mol. The minimum atomic E-state index is -1.19. The predicted molar refractivity (Wildman–Crippen MR) is 91.9 cm³/mol. The van der Waals surface area contributed by atoms with Crippen LogP contribution in [-0.4, -0.2) is 44.9 Å². The molecule has 1 aromatic carbocycles. The molecule has 0 heterocycles. The van der Waals surface area contributed by atoms with Crippen molar-refractivity contribution in [2.24, 2.45) is 0 Å². The van der Waals surface area contributed by atoms with Gasteiger partial charge < -0.3 is 18.9 Å². The van der Waals surface area contributed by atoms with Crippen molar-refractivity contribution in [1.82, 2.24) is 5.32 Å². The van der Waals surface area contributed by atoms with Crippen LogP contribution in [-0.2, 0) is 14.3 Å². The third-order valence-corrected chi connectivity index (χ3v) is 3.57. The van der Waals surface area contributed by atoms with Gasteiger partial charge in [-0.25, -0.2) is 9.59 Å². The zero-order valence-corrected chi connectivity index (χ0v) is 16.0. The highest BCUT2D eigenvalue weighted by molar-refractivity contribution is 9.10. The molecule has 1 aromatic rings. The zero-order chi connectivity index (χ0) is 19.0. The molecule has 0 saturated heterocycles. The van der Waals surface area contributed by atoms with Crippen molar-refractivity contribution in [1.29, 1.82) is 0 Å². The minimum absolute atomic E-state index is 0.158. The van der Waals surface area contributed by atoms with E-state index < -0.39 is 24.1 Å². The second kappa shape index (κ2) is 9.87. The predicted octanol–water partition coefficient (Wildman–Crippen LogP) is 2.67. The van der Waals surface area contributed by atoms with Gasteiger partial charge >= 0.3 is 12.1 Å². The molecule has 1 rings (SSSR count). The van der Waals surface area contributed by atoms with E-state index in [0.717, 1.165) is 13.5 Å². The average Bonchev–Trinajstić information content (AvgIpc) is 2.59. The highest BCUT2D eigenvalue weighted by Crippen LogP contribution is 2.37. The number of benzene rings is 1. The van der Waals surface area contributed by atoms with E-state index in [-0.39, 0.29) is 5.56 Å². The Balaban J connectivity index is 2.89. The van der Waals surface area contributed by atoms with Crippen LogP contribution in [0.2, 0.25) is 0 Å². The maximum Gasteiger partial charge on any atom is 0.413 e. The Morgan fingerprint density at radius 1 is 1.24 bits per heavy atom. The van der Waals surface area contributed by atoms with E-state index in [4.69, 9.17) is 14.2 Å². The molecule has 0 saturated carbocycles. The molecule has 0 radical (unpaired) electrons. The van der Waals surface area contributed by atoms with Gasteiger partial charge in [0.2, 0.25) is 0 Å². The lowest BCUT2D eigenvalue weighted by Gasteiger charge is -2.15. The number of rotatable bonds is 7. The van der Waals surface area contributed by atoms with Crippen molar-refractivity contribution in [2.75, 3.05) is 20.8 Å². The van der Waals surface area contributed by atoms with E-state index in [9.17, 15) is 14.4 Å². The highest BCUT2D eigenvalue weighted by Gasteiger charge is 2.23. The number of nitrogens with one attached hydrogen (secondary N) is 1. The Bertz CT molecular complexity index is 648. The molecule has 138 valence electrons. The summed E-state index contributed by atoms with van der Waals surface area (Å²) in [5.41, 5.74) is 0.158. The van der Waals surface area contributed by atoms with Crippen LogP contribution >= 0.6 is 15.9 Å². The van der Waals surface area contributed by atoms with Gasteiger partial charge in [-0.05, 0) is 41.4 Å². The van der Waals surface area contributed by atoms with Crippen molar-refractivity contribution in [3.63, 3.8) is 0 Å². The number of methoxy groups -OCH3 is 2. The summed E-state index contributed by atoms with van der Waals surface area (Å²) in [5, 5.41) is 1.92. The number of carbonyl (C=O) groups excluding carboxylic acids is 3. The van der Waals surface area contributed by atoms with Crippen molar-refractivity contribution < 1.29 is 33.3 Å². The summed E-state index contributed by atoms with van der Waals surface area (Å²) in [6, 6.07) is 2.95. The maximum atomic E-state index is 12.2. The Labute approximate surface area is 153 Å². The number of imide groups is 1. The first-order chi connectivity index (χ1) is 11.8. The standard InChI is InChI=1S/C16H20BrNO7/c1-5-6-24-13-11(17)7-10(8-12(13)22-3)15(20)25-9(2)14(19)18-16(21)23-4/h7-9H,5-6H2,1-4H3,(H,18,19,21)/t9-/m1/s1. The van der Waals surface area contributed by atoms with Crippen molar-refractivity contribution in [3.05, 3.63) is 22.2 Å². The monoisotopic (exact) mass is 417 g/mol. The molecule has 2 amide bonds. The van der Waals surface area contributed by atoms with Crippen LogP contribution in [0.3, 0.4) is 0 Å². The molecule has 0 aliphatic rings. The maximum absolute atomic E-state index is 12.2. The van der Waals surface area contributed by atoms with Gasteiger partial charge in [-0.3, -0.25) is 10.1 Å². The Kier molecular flexibility index (Phi) is 8.20. The van der Waals surface area contributed by atoms with Crippen LogP contribution in [0, 0.1) is 0 Å². The summed E-state index contributed by atoms with van der Waals surface area (Å²) in [5.74, 6) is -0.735. The quantitative estimate of drug-likeness (QED) is 0.680. The van der Waals surface area contributed by atoms with Gasteiger partial charge in [0, 0.05) is 0 Å². The first kappa shape index (κ1) is 20.8. The van der Waals surface area contributed by atoms with Crippen molar-refractivity contribution in [3.8, 4) is 11.5 Å². The van der Waals surface area contributed by atoms with E-state index in [1.54, 1.807) is 0 Å². The van der Waals surface area contributed by atoms with Gasteiger partial charge in [0.15, 0.2) is 17.6 Å². The van der Waals surface area contributed by atoms with Gasteiger partial charge in [-0.2, -0.15) is 0 Å². The van der Waals surface area contributed by atoms with E-state index >= 15 is 0 Å². The molecule has 0 fully saturated rings. The van der Waals surface area contributed by atoms with Crippen LogP contribution in [0.4, 0.5) is 4.79 Å². The second-order valence-corrected chi connectivity index (χ2v) is 5.72. The number of halogens is 1. The number of ether oxygens (including phenoxy) is 4. The number of alkyl carbamates (subject to hydrolysis) is 1. The molecule has 0 aliphatic carbocycles. The lowest BCUT2D eigenvalue weighted by Crippen LogP contribution is -2.39. The Hall–Kier alpha value is -2.29. The third-order valence-electron chi connectivity index (χ3n) is 2.98. The number of hydrogen-bond donors (Lipinski definition) is 1. The summed E-state index contributed by atoms with van der Waals surface area (Å²) in [4.78, 5) is 34.9. The number of amides is 2.